The maximum atomic E-state index is 13.8. The van der Waals surface area contributed by atoms with Gasteiger partial charge in [-0.25, -0.2) is 0 Å². The lowest BCUT2D eigenvalue weighted by Crippen LogP contribution is -2.48. The van der Waals surface area contributed by atoms with Gasteiger partial charge in [0.25, 0.3) is 0 Å². The van der Waals surface area contributed by atoms with Crippen LogP contribution in [0.5, 0.6) is 0 Å². The van der Waals surface area contributed by atoms with Crippen LogP contribution in [0.3, 0.4) is 0 Å². The molecule has 2 heterocycles. The molecule has 3 aliphatic rings. The molecular weight excluding hydrogens is 430 g/mol. The molecule has 4 rings (SSSR count). The van der Waals surface area contributed by atoms with Crippen LogP contribution in [0.25, 0.3) is 0 Å². The number of carbonyl (C=O) groups is 2. The van der Waals surface area contributed by atoms with Gasteiger partial charge in [-0.3, -0.25) is 14.5 Å². The standard InChI is InChI=1S/C25H34F2N2O4/c1-28(2)24(19-6-4-3-5-7-19)10-8-22(9-11-24)16-20(30)29(18-22)14-12-23(21(31)32)13-15-33-25(26,27)17-23/h3-7H,8-18H2,1-2H3,(H,31,32). The molecule has 1 spiro atoms. The third kappa shape index (κ3) is 4.52. The lowest BCUT2D eigenvalue weighted by atomic mass is 9.64. The summed E-state index contributed by atoms with van der Waals surface area (Å²) >= 11 is 0. The first kappa shape index (κ1) is 24.1. The molecule has 0 radical (unpaired) electrons. The number of nitrogens with zero attached hydrogens (tertiary/aromatic N) is 2. The molecule has 6 nitrogen and oxygen atoms in total. The summed E-state index contributed by atoms with van der Waals surface area (Å²) in [5.41, 5.74) is -0.460. The first-order valence-electron chi connectivity index (χ1n) is 11.8. The molecule has 1 atom stereocenters. The summed E-state index contributed by atoms with van der Waals surface area (Å²) in [6, 6.07) is 10.5. The van der Waals surface area contributed by atoms with Crippen LogP contribution in [0.2, 0.25) is 0 Å². The van der Waals surface area contributed by atoms with Crippen molar-refractivity contribution in [3.8, 4) is 0 Å². The van der Waals surface area contributed by atoms with Crippen LogP contribution in [-0.4, -0.2) is 66.7 Å². The molecule has 2 aliphatic heterocycles. The summed E-state index contributed by atoms with van der Waals surface area (Å²) in [5.74, 6) is -1.23. The molecule has 0 bridgehead atoms. The second-order valence-corrected chi connectivity index (χ2v) is 10.5. The Balaban J connectivity index is 1.43. The molecule has 1 saturated carbocycles. The number of aliphatic carboxylic acids is 1. The minimum absolute atomic E-state index is 0.00595. The normalized spacial score (nSPS) is 34.2. The van der Waals surface area contributed by atoms with E-state index in [0.29, 0.717) is 13.0 Å². The molecule has 2 saturated heterocycles. The largest absolute Gasteiger partial charge is 0.481 e. The van der Waals surface area contributed by atoms with Gasteiger partial charge in [0, 0.05) is 25.0 Å². The lowest BCUT2D eigenvalue weighted by Gasteiger charge is -2.49. The predicted molar refractivity (Wildman–Crippen MR) is 119 cm³/mol. The van der Waals surface area contributed by atoms with E-state index in [4.69, 9.17) is 0 Å². The second kappa shape index (κ2) is 8.62. The summed E-state index contributed by atoms with van der Waals surface area (Å²) in [5, 5.41) is 9.72. The van der Waals surface area contributed by atoms with E-state index in [-0.39, 0.29) is 42.9 Å². The van der Waals surface area contributed by atoms with Gasteiger partial charge in [-0.05, 0) is 63.6 Å². The third-order valence-corrected chi connectivity index (χ3v) is 8.46. The van der Waals surface area contributed by atoms with Gasteiger partial charge < -0.3 is 14.7 Å². The van der Waals surface area contributed by atoms with Crippen LogP contribution >= 0.6 is 0 Å². The zero-order valence-corrected chi connectivity index (χ0v) is 19.5. The van der Waals surface area contributed by atoms with Crippen molar-refractivity contribution < 1.29 is 28.2 Å². The van der Waals surface area contributed by atoms with E-state index in [1.54, 1.807) is 4.90 Å². The Morgan fingerprint density at radius 1 is 1.12 bits per heavy atom. The molecule has 1 N–H and O–H groups in total. The molecule has 33 heavy (non-hydrogen) atoms. The van der Waals surface area contributed by atoms with Crippen molar-refractivity contribution in [2.24, 2.45) is 10.8 Å². The smallest absolute Gasteiger partial charge is 0.356 e. The topological polar surface area (TPSA) is 70.1 Å². The molecular formula is C25H34F2N2O4. The minimum Gasteiger partial charge on any atom is -0.481 e. The fourth-order valence-corrected chi connectivity index (χ4v) is 6.24. The average molecular weight is 465 g/mol. The first-order chi connectivity index (χ1) is 15.5. The van der Waals surface area contributed by atoms with Crippen molar-refractivity contribution in [3.63, 3.8) is 0 Å². The van der Waals surface area contributed by atoms with Crippen molar-refractivity contribution in [1.29, 1.82) is 0 Å². The highest BCUT2D eigenvalue weighted by molar-refractivity contribution is 5.80. The van der Waals surface area contributed by atoms with E-state index < -0.39 is 23.9 Å². The summed E-state index contributed by atoms with van der Waals surface area (Å²) in [4.78, 5) is 28.8. The Morgan fingerprint density at radius 3 is 2.36 bits per heavy atom. The number of halogens is 2. The number of hydrogen-bond donors (Lipinski definition) is 1. The van der Waals surface area contributed by atoms with E-state index >= 15 is 0 Å². The quantitative estimate of drug-likeness (QED) is 0.687. The Labute approximate surface area is 193 Å². The lowest BCUT2D eigenvalue weighted by molar-refractivity contribution is -0.283. The molecule has 1 aromatic rings. The zero-order chi connectivity index (χ0) is 23.9. The molecule has 182 valence electrons. The number of ether oxygens (including phenoxy) is 1. The van der Waals surface area contributed by atoms with Crippen molar-refractivity contribution in [1.82, 2.24) is 9.80 Å². The molecule has 1 aliphatic carbocycles. The second-order valence-electron chi connectivity index (χ2n) is 10.5. The highest BCUT2D eigenvalue weighted by Crippen LogP contribution is 2.52. The van der Waals surface area contributed by atoms with Crippen molar-refractivity contribution in [2.45, 2.75) is 63.0 Å². The van der Waals surface area contributed by atoms with Gasteiger partial charge >= 0.3 is 12.1 Å². The van der Waals surface area contributed by atoms with Crippen LogP contribution < -0.4 is 0 Å². The van der Waals surface area contributed by atoms with Gasteiger partial charge in [0.15, 0.2) is 0 Å². The zero-order valence-electron chi connectivity index (χ0n) is 19.5. The van der Waals surface area contributed by atoms with E-state index in [1.165, 1.54) is 5.56 Å². The molecule has 1 amide bonds. The number of carboxylic acids is 1. The van der Waals surface area contributed by atoms with Crippen LogP contribution in [0, 0.1) is 10.8 Å². The monoisotopic (exact) mass is 464 g/mol. The third-order valence-electron chi connectivity index (χ3n) is 8.46. The Hall–Kier alpha value is -2.06. The number of likely N-dealkylation sites (tertiary alicyclic amines) is 1. The number of rotatable bonds is 6. The van der Waals surface area contributed by atoms with Crippen LogP contribution in [0.1, 0.15) is 56.9 Å². The number of benzene rings is 1. The molecule has 1 aromatic carbocycles. The van der Waals surface area contributed by atoms with Gasteiger partial charge in [-0.15, -0.1) is 0 Å². The fourth-order valence-electron chi connectivity index (χ4n) is 6.24. The molecule has 0 aromatic heterocycles. The first-order valence-corrected chi connectivity index (χ1v) is 11.8. The fraction of sp³-hybridized carbons (Fsp3) is 0.680. The van der Waals surface area contributed by atoms with E-state index in [9.17, 15) is 23.5 Å². The number of carbonyl (C=O) groups excluding carboxylic acids is 1. The van der Waals surface area contributed by atoms with E-state index in [1.807, 2.05) is 6.07 Å². The summed E-state index contributed by atoms with van der Waals surface area (Å²) in [6.45, 7) is 0.483. The highest BCUT2D eigenvalue weighted by atomic mass is 19.3. The Kier molecular flexibility index (Phi) is 6.29. The predicted octanol–water partition coefficient (Wildman–Crippen LogP) is 4.10. The van der Waals surface area contributed by atoms with Crippen molar-refractivity contribution in [3.05, 3.63) is 35.9 Å². The van der Waals surface area contributed by atoms with Gasteiger partial charge in [0.05, 0.1) is 18.4 Å². The number of hydrogen-bond acceptors (Lipinski definition) is 4. The number of alkyl halides is 2. The van der Waals surface area contributed by atoms with E-state index in [2.05, 4.69) is 48.0 Å². The maximum absolute atomic E-state index is 13.8. The Bertz CT molecular complexity index is 884. The molecule has 3 fully saturated rings. The average Bonchev–Trinajstić information content (AvgIpc) is 3.07. The highest BCUT2D eigenvalue weighted by Gasteiger charge is 2.53. The minimum atomic E-state index is -3.44. The van der Waals surface area contributed by atoms with Crippen molar-refractivity contribution in [2.75, 3.05) is 33.8 Å². The van der Waals surface area contributed by atoms with Gasteiger partial charge in [0.2, 0.25) is 5.91 Å². The maximum Gasteiger partial charge on any atom is 0.356 e. The molecule has 8 heteroatoms. The summed E-state index contributed by atoms with van der Waals surface area (Å²) in [7, 11) is 4.21. The number of carboxylic acid groups (broad SMARTS) is 1. The van der Waals surface area contributed by atoms with Crippen LogP contribution in [0.4, 0.5) is 8.78 Å². The van der Waals surface area contributed by atoms with E-state index in [0.717, 1.165) is 25.7 Å². The van der Waals surface area contributed by atoms with Gasteiger partial charge in [-0.1, -0.05) is 30.3 Å². The van der Waals surface area contributed by atoms with Gasteiger partial charge in [0.1, 0.15) is 0 Å². The number of amides is 1. The SMILES string of the molecule is CN(C)C1(c2ccccc2)CCC2(CC1)CC(=O)N(CCC1(C(=O)O)CCOC(F)(F)C1)C2. The van der Waals surface area contributed by atoms with Crippen molar-refractivity contribution >= 4 is 11.9 Å². The van der Waals surface area contributed by atoms with Gasteiger partial charge in [-0.2, -0.15) is 8.78 Å². The Morgan fingerprint density at radius 2 is 1.79 bits per heavy atom. The van der Waals surface area contributed by atoms with Crippen LogP contribution in [0.15, 0.2) is 30.3 Å². The summed E-state index contributed by atoms with van der Waals surface area (Å²) in [6.07, 6.45) is -0.0980. The van der Waals surface area contributed by atoms with Crippen LogP contribution in [-0.2, 0) is 19.9 Å². The summed E-state index contributed by atoms with van der Waals surface area (Å²) < 4.78 is 32.1. The molecule has 1 unspecified atom stereocenters.